The number of rotatable bonds is 4. The molecule has 110 valence electrons. The van der Waals surface area contributed by atoms with Crippen LogP contribution in [0.1, 0.15) is 43.0 Å². The minimum Gasteiger partial charge on any atom is -0.494 e. The zero-order valence-corrected chi connectivity index (χ0v) is 12.2. The Kier molecular flexibility index (Phi) is 4.43. The van der Waals surface area contributed by atoms with Gasteiger partial charge >= 0.3 is 0 Å². The average Bonchev–Trinajstić information content (AvgIpc) is 2.47. The number of ether oxygens (including phenoxy) is 2. The summed E-state index contributed by atoms with van der Waals surface area (Å²) < 4.78 is 24.2. The van der Waals surface area contributed by atoms with Crippen molar-refractivity contribution >= 4 is 5.78 Å². The van der Waals surface area contributed by atoms with E-state index in [0.717, 1.165) is 12.8 Å². The topological polar surface area (TPSA) is 35.5 Å². The number of carbonyl (C=O) groups is 1. The lowest BCUT2D eigenvalue weighted by atomic mass is 9.75. The fourth-order valence-corrected chi connectivity index (χ4v) is 2.82. The van der Waals surface area contributed by atoms with Gasteiger partial charge in [-0.1, -0.05) is 6.92 Å². The standard InChI is InChI=1S/C16H21FO3/c1-11-6-8-16(20-3,9-7-11)15(18)12-4-5-14(19-2)13(17)10-12/h4-5,10-11H,6-9H2,1-3H3. The molecule has 0 aliphatic heterocycles. The van der Waals surface area contributed by atoms with Crippen LogP contribution in [0, 0.1) is 11.7 Å². The first kappa shape index (κ1) is 15.0. The molecule has 4 heteroatoms. The van der Waals surface area contributed by atoms with E-state index in [1.54, 1.807) is 13.2 Å². The van der Waals surface area contributed by atoms with E-state index >= 15 is 0 Å². The number of methoxy groups -OCH3 is 2. The molecule has 1 fully saturated rings. The maximum Gasteiger partial charge on any atom is 0.194 e. The number of halogens is 1. The summed E-state index contributed by atoms with van der Waals surface area (Å²) in [7, 11) is 2.97. The zero-order valence-electron chi connectivity index (χ0n) is 12.2. The fraction of sp³-hybridized carbons (Fsp3) is 0.562. The van der Waals surface area contributed by atoms with Gasteiger partial charge in [0.25, 0.3) is 0 Å². The highest BCUT2D eigenvalue weighted by Crippen LogP contribution is 2.37. The summed E-state index contributed by atoms with van der Waals surface area (Å²) >= 11 is 0. The molecule has 3 nitrogen and oxygen atoms in total. The van der Waals surface area contributed by atoms with Crippen molar-refractivity contribution in [1.29, 1.82) is 0 Å². The summed E-state index contributed by atoms with van der Waals surface area (Å²) in [6, 6.07) is 4.32. The minimum absolute atomic E-state index is 0.131. The molecule has 0 bridgehead atoms. The van der Waals surface area contributed by atoms with Gasteiger partial charge in [0.05, 0.1) is 7.11 Å². The Labute approximate surface area is 119 Å². The Bertz CT molecular complexity index is 490. The molecular weight excluding hydrogens is 259 g/mol. The van der Waals surface area contributed by atoms with Crippen molar-refractivity contribution in [3.8, 4) is 5.75 Å². The molecule has 0 N–H and O–H groups in total. The van der Waals surface area contributed by atoms with Gasteiger partial charge in [0.2, 0.25) is 0 Å². The first-order valence-corrected chi connectivity index (χ1v) is 6.96. The number of hydrogen-bond acceptors (Lipinski definition) is 3. The van der Waals surface area contributed by atoms with Gasteiger partial charge in [0.1, 0.15) is 5.60 Å². The Morgan fingerprint density at radius 2 is 1.95 bits per heavy atom. The first-order valence-electron chi connectivity index (χ1n) is 6.96. The van der Waals surface area contributed by atoms with E-state index in [0.29, 0.717) is 24.3 Å². The predicted octanol–water partition coefficient (Wildman–Crippen LogP) is 3.61. The summed E-state index contributed by atoms with van der Waals surface area (Å²) in [5, 5.41) is 0. The van der Waals surface area contributed by atoms with Gasteiger partial charge in [0, 0.05) is 12.7 Å². The van der Waals surface area contributed by atoms with E-state index in [1.807, 2.05) is 0 Å². The van der Waals surface area contributed by atoms with E-state index in [2.05, 4.69) is 6.92 Å². The molecule has 1 aromatic rings. The van der Waals surface area contributed by atoms with Crippen molar-refractivity contribution in [3.05, 3.63) is 29.6 Å². The molecule has 1 aromatic carbocycles. The minimum atomic E-state index is -0.798. The molecule has 0 saturated heterocycles. The predicted molar refractivity (Wildman–Crippen MR) is 74.7 cm³/mol. The number of carbonyl (C=O) groups excluding carboxylic acids is 1. The highest BCUT2D eigenvalue weighted by Gasteiger charge is 2.41. The van der Waals surface area contributed by atoms with Crippen LogP contribution in [-0.4, -0.2) is 25.6 Å². The van der Waals surface area contributed by atoms with Crippen LogP contribution in [-0.2, 0) is 4.74 Å². The second kappa shape index (κ2) is 5.92. The number of hydrogen-bond donors (Lipinski definition) is 0. The van der Waals surface area contributed by atoms with E-state index in [1.165, 1.54) is 19.2 Å². The molecule has 0 radical (unpaired) electrons. The summed E-state index contributed by atoms with van der Waals surface area (Å²) in [5.74, 6) is 0.103. The van der Waals surface area contributed by atoms with Crippen LogP contribution in [0.4, 0.5) is 4.39 Å². The van der Waals surface area contributed by atoms with Crippen LogP contribution in [0.2, 0.25) is 0 Å². The molecule has 0 amide bonds. The average molecular weight is 280 g/mol. The van der Waals surface area contributed by atoms with E-state index < -0.39 is 11.4 Å². The third-order valence-corrected chi connectivity index (χ3v) is 4.30. The third kappa shape index (κ3) is 2.70. The summed E-state index contributed by atoms with van der Waals surface area (Å²) in [4.78, 5) is 12.7. The SMILES string of the molecule is COc1ccc(C(=O)C2(OC)CCC(C)CC2)cc1F. The molecule has 1 aliphatic rings. The number of benzene rings is 1. The van der Waals surface area contributed by atoms with Crippen LogP contribution in [0.15, 0.2) is 18.2 Å². The van der Waals surface area contributed by atoms with Gasteiger partial charge in [-0.05, 0) is 49.8 Å². The van der Waals surface area contributed by atoms with Gasteiger partial charge < -0.3 is 9.47 Å². The van der Waals surface area contributed by atoms with E-state index in [4.69, 9.17) is 9.47 Å². The van der Waals surface area contributed by atoms with Crippen LogP contribution in [0.3, 0.4) is 0 Å². The Morgan fingerprint density at radius 1 is 1.30 bits per heavy atom. The smallest absolute Gasteiger partial charge is 0.194 e. The summed E-state index contributed by atoms with van der Waals surface area (Å²) in [6.07, 6.45) is 3.30. The molecular formula is C16H21FO3. The maximum absolute atomic E-state index is 13.8. The van der Waals surface area contributed by atoms with Crippen molar-refractivity contribution in [2.75, 3.05) is 14.2 Å². The van der Waals surface area contributed by atoms with Gasteiger partial charge in [-0.3, -0.25) is 4.79 Å². The van der Waals surface area contributed by atoms with Gasteiger partial charge in [-0.15, -0.1) is 0 Å². The van der Waals surface area contributed by atoms with Crippen LogP contribution in [0.5, 0.6) is 5.75 Å². The summed E-state index contributed by atoms with van der Waals surface area (Å²) in [6.45, 7) is 2.18. The molecule has 20 heavy (non-hydrogen) atoms. The van der Waals surface area contributed by atoms with Crippen LogP contribution in [0.25, 0.3) is 0 Å². The van der Waals surface area contributed by atoms with Gasteiger partial charge in [-0.2, -0.15) is 0 Å². The molecule has 0 unspecified atom stereocenters. The molecule has 1 saturated carbocycles. The van der Waals surface area contributed by atoms with Crippen molar-refractivity contribution in [3.63, 3.8) is 0 Å². The quantitative estimate of drug-likeness (QED) is 0.790. The molecule has 0 atom stereocenters. The van der Waals surface area contributed by atoms with Crippen molar-refractivity contribution in [2.45, 2.75) is 38.2 Å². The Morgan fingerprint density at radius 3 is 2.45 bits per heavy atom. The molecule has 1 aliphatic carbocycles. The lowest BCUT2D eigenvalue weighted by molar-refractivity contribution is -0.0263. The highest BCUT2D eigenvalue weighted by molar-refractivity contribution is 6.02. The highest BCUT2D eigenvalue weighted by atomic mass is 19.1. The molecule has 0 aromatic heterocycles. The number of Topliss-reactive ketones (excluding diaryl/α,β-unsaturated/α-hetero) is 1. The Hall–Kier alpha value is -1.42. The second-order valence-corrected chi connectivity index (χ2v) is 5.56. The second-order valence-electron chi connectivity index (χ2n) is 5.56. The normalized spacial score (nSPS) is 26.3. The van der Waals surface area contributed by atoms with E-state index in [9.17, 15) is 9.18 Å². The molecule has 0 heterocycles. The third-order valence-electron chi connectivity index (χ3n) is 4.30. The van der Waals surface area contributed by atoms with Crippen molar-refractivity contribution < 1.29 is 18.7 Å². The summed E-state index contributed by atoms with van der Waals surface area (Å²) in [5.41, 5.74) is -0.451. The lowest BCUT2D eigenvalue weighted by Crippen LogP contribution is -2.43. The van der Waals surface area contributed by atoms with Crippen molar-refractivity contribution in [2.24, 2.45) is 5.92 Å². The monoisotopic (exact) mass is 280 g/mol. The fourth-order valence-electron chi connectivity index (χ4n) is 2.82. The first-order chi connectivity index (χ1) is 9.52. The van der Waals surface area contributed by atoms with Gasteiger partial charge in [-0.25, -0.2) is 4.39 Å². The molecule has 2 rings (SSSR count). The Balaban J connectivity index is 2.27. The largest absolute Gasteiger partial charge is 0.494 e. The zero-order chi connectivity index (χ0) is 14.8. The molecule has 0 spiro atoms. The number of ketones is 1. The van der Waals surface area contributed by atoms with Crippen LogP contribution < -0.4 is 4.74 Å². The van der Waals surface area contributed by atoms with Crippen molar-refractivity contribution in [1.82, 2.24) is 0 Å². The van der Waals surface area contributed by atoms with Crippen LogP contribution >= 0.6 is 0 Å². The lowest BCUT2D eigenvalue weighted by Gasteiger charge is -2.37. The maximum atomic E-state index is 13.8. The van der Waals surface area contributed by atoms with E-state index in [-0.39, 0.29) is 11.5 Å². The van der Waals surface area contributed by atoms with Gasteiger partial charge in [0.15, 0.2) is 17.3 Å².